The number of hydrogen-bond donors (Lipinski definition) is 0. The third kappa shape index (κ3) is 5.83. The molecule has 0 aliphatic heterocycles. The number of rotatable bonds is 7. The molecule has 280 valence electrons. The van der Waals surface area contributed by atoms with Crippen molar-refractivity contribution >= 4 is 38.9 Å². The summed E-state index contributed by atoms with van der Waals surface area (Å²) in [5.74, 6) is 0.704. The first kappa shape index (κ1) is 34.7. The minimum Gasteiger partial charge on any atom is -0.310 e. The van der Waals surface area contributed by atoms with Crippen LogP contribution >= 0.6 is 0 Å². The number of para-hydroxylation sites is 2. The zero-order chi connectivity index (χ0) is 39.5. The molecule has 1 aliphatic carbocycles. The van der Waals surface area contributed by atoms with Crippen LogP contribution in [0.25, 0.3) is 72.5 Å². The number of fused-ring (bicyclic) bond motifs is 6. The maximum atomic E-state index is 5.20. The second-order valence-electron chi connectivity index (χ2n) is 15.9. The molecule has 59 heavy (non-hydrogen) atoms. The molecule has 2 aromatic heterocycles. The average Bonchev–Trinajstić information content (AvgIpc) is 3.74. The fraction of sp³-hybridized carbons (Fsp3) is 0.0545. The predicted molar refractivity (Wildman–Crippen MR) is 245 cm³/mol. The Morgan fingerprint density at radius 2 is 0.983 bits per heavy atom. The Morgan fingerprint density at radius 1 is 0.407 bits per heavy atom. The fourth-order valence-corrected chi connectivity index (χ4v) is 9.09. The van der Waals surface area contributed by atoms with E-state index in [9.17, 15) is 0 Å². The largest absolute Gasteiger partial charge is 0.310 e. The van der Waals surface area contributed by atoms with E-state index < -0.39 is 0 Å². The van der Waals surface area contributed by atoms with E-state index in [-0.39, 0.29) is 5.41 Å². The Hall–Kier alpha value is -7.56. The van der Waals surface area contributed by atoms with Gasteiger partial charge in [-0.05, 0) is 95.1 Å². The molecule has 0 radical (unpaired) electrons. The Balaban J connectivity index is 1.15. The van der Waals surface area contributed by atoms with E-state index in [1.54, 1.807) is 0 Å². The molecule has 0 amide bonds. The molecule has 1 aliphatic rings. The molecule has 0 spiro atoms. The minimum absolute atomic E-state index is 0.144. The quantitative estimate of drug-likeness (QED) is 0.162. The Bertz CT molecular complexity index is 3070. The van der Waals surface area contributed by atoms with Crippen LogP contribution in [0, 0.1) is 0 Å². The monoisotopic (exact) mass is 756 g/mol. The van der Waals surface area contributed by atoms with E-state index in [4.69, 9.17) is 9.97 Å². The maximum absolute atomic E-state index is 5.20. The molecule has 4 heteroatoms. The summed E-state index contributed by atoms with van der Waals surface area (Å²) in [7, 11) is 0. The predicted octanol–water partition coefficient (Wildman–Crippen LogP) is 14.4. The van der Waals surface area contributed by atoms with Crippen LogP contribution in [-0.2, 0) is 5.41 Å². The van der Waals surface area contributed by atoms with Gasteiger partial charge in [0.15, 0.2) is 5.82 Å². The van der Waals surface area contributed by atoms with Crippen molar-refractivity contribution in [1.29, 1.82) is 0 Å². The van der Waals surface area contributed by atoms with Crippen molar-refractivity contribution in [3.63, 3.8) is 0 Å². The lowest BCUT2D eigenvalue weighted by atomic mass is 9.82. The minimum atomic E-state index is -0.144. The Morgan fingerprint density at radius 3 is 1.68 bits per heavy atom. The summed E-state index contributed by atoms with van der Waals surface area (Å²) < 4.78 is 2.45. The van der Waals surface area contributed by atoms with Gasteiger partial charge in [0.25, 0.3) is 0 Å². The highest BCUT2D eigenvalue weighted by molar-refractivity contribution is 6.13. The SMILES string of the molecule is CC1(C)c2ccccc2-c2cc3c4cc(N(c5ccccc5)c5ccccc5)ccc4n(-c4cccc(-c5cc(-c6ccccc6)nc(-c6ccccc6)n5)c4)c3cc21. The van der Waals surface area contributed by atoms with E-state index in [1.807, 2.05) is 24.3 Å². The van der Waals surface area contributed by atoms with E-state index in [1.165, 1.54) is 38.5 Å². The molecular weight excluding hydrogens is 717 g/mol. The highest BCUT2D eigenvalue weighted by atomic mass is 15.1. The standard InChI is InChI=1S/C55H40N4/c1-55(2)48-29-16-15-28-44(48)45-34-47-46-33-43(58(40-23-11-5-12-24-40)41-25-13-6-14-26-41)30-31-52(46)59(53(47)35-49(45)55)42-27-17-22-39(32-42)51-36-50(37-18-7-3-8-19-37)56-54(57-51)38-20-9-4-10-21-38/h3-36H,1-2H3. The normalized spacial score (nSPS) is 12.7. The van der Waals surface area contributed by atoms with Gasteiger partial charge in [-0.3, -0.25) is 0 Å². The van der Waals surface area contributed by atoms with Crippen molar-refractivity contribution in [3.05, 3.63) is 217 Å². The molecule has 0 bridgehead atoms. The van der Waals surface area contributed by atoms with E-state index in [2.05, 4.69) is 205 Å². The molecule has 11 rings (SSSR count). The van der Waals surface area contributed by atoms with Crippen LogP contribution in [0.1, 0.15) is 25.0 Å². The van der Waals surface area contributed by atoms with Crippen molar-refractivity contribution in [3.8, 4) is 50.7 Å². The lowest BCUT2D eigenvalue weighted by Crippen LogP contribution is -2.14. The molecule has 0 fully saturated rings. The van der Waals surface area contributed by atoms with Gasteiger partial charge in [0, 0.05) is 55.6 Å². The van der Waals surface area contributed by atoms with Gasteiger partial charge in [-0.15, -0.1) is 0 Å². The van der Waals surface area contributed by atoms with Crippen LogP contribution < -0.4 is 4.90 Å². The molecule has 4 nitrogen and oxygen atoms in total. The van der Waals surface area contributed by atoms with Gasteiger partial charge in [-0.1, -0.05) is 147 Å². The Labute approximate surface area is 344 Å². The van der Waals surface area contributed by atoms with Gasteiger partial charge in [0.05, 0.1) is 22.4 Å². The highest BCUT2D eigenvalue weighted by Gasteiger charge is 2.36. The van der Waals surface area contributed by atoms with Gasteiger partial charge in [0.2, 0.25) is 0 Å². The van der Waals surface area contributed by atoms with Crippen LogP contribution in [0.15, 0.2) is 206 Å². The molecule has 0 saturated heterocycles. The summed E-state index contributed by atoms with van der Waals surface area (Å²) in [5, 5.41) is 2.42. The first-order valence-electron chi connectivity index (χ1n) is 20.2. The zero-order valence-electron chi connectivity index (χ0n) is 32.9. The molecule has 8 aromatic carbocycles. The molecule has 2 heterocycles. The summed E-state index contributed by atoms with van der Waals surface area (Å²) >= 11 is 0. The first-order chi connectivity index (χ1) is 29.0. The van der Waals surface area contributed by atoms with Crippen molar-refractivity contribution in [2.24, 2.45) is 0 Å². The summed E-state index contributed by atoms with van der Waals surface area (Å²) in [6, 6.07) is 73.6. The molecule has 10 aromatic rings. The highest BCUT2D eigenvalue weighted by Crippen LogP contribution is 2.51. The molecular formula is C55H40N4. The second-order valence-corrected chi connectivity index (χ2v) is 15.9. The molecule has 0 N–H and O–H groups in total. The van der Waals surface area contributed by atoms with Gasteiger partial charge in [-0.25, -0.2) is 9.97 Å². The van der Waals surface area contributed by atoms with Crippen LogP contribution in [-0.4, -0.2) is 14.5 Å². The van der Waals surface area contributed by atoms with Gasteiger partial charge < -0.3 is 9.47 Å². The van der Waals surface area contributed by atoms with Crippen LogP contribution in [0.3, 0.4) is 0 Å². The summed E-state index contributed by atoms with van der Waals surface area (Å²) in [6.45, 7) is 4.72. The van der Waals surface area contributed by atoms with E-state index >= 15 is 0 Å². The average molecular weight is 757 g/mol. The summed E-state index contributed by atoms with van der Waals surface area (Å²) in [5.41, 5.74) is 16.8. The van der Waals surface area contributed by atoms with Crippen molar-refractivity contribution in [2.75, 3.05) is 4.90 Å². The first-order valence-corrected chi connectivity index (χ1v) is 20.2. The van der Waals surface area contributed by atoms with Crippen molar-refractivity contribution in [1.82, 2.24) is 14.5 Å². The van der Waals surface area contributed by atoms with Gasteiger partial charge in [0.1, 0.15) is 0 Å². The molecule has 0 saturated carbocycles. The van der Waals surface area contributed by atoms with E-state index in [0.717, 1.165) is 56.3 Å². The smallest absolute Gasteiger partial charge is 0.160 e. The zero-order valence-corrected chi connectivity index (χ0v) is 32.9. The number of anilines is 3. The van der Waals surface area contributed by atoms with Gasteiger partial charge in [-0.2, -0.15) is 0 Å². The van der Waals surface area contributed by atoms with Crippen molar-refractivity contribution in [2.45, 2.75) is 19.3 Å². The lowest BCUT2D eigenvalue weighted by molar-refractivity contribution is 0.661. The van der Waals surface area contributed by atoms with Crippen LogP contribution in [0.4, 0.5) is 17.1 Å². The number of nitrogens with zero attached hydrogens (tertiary/aromatic N) is 4. The summed E-state index contributed by atoms with van der Waals surface area (Å²) in [6.07, 6.45) is 0. The third-order valence-electron chi connectivity index (χ3n) is 12.0. The molecule has 0 unspecified atom stereocenters. The van der Waals surface area contributed by atoms with E-state index in [0.29, 0.717) is 5.82 Å². The fourth-order valence-electron chi connectivity index (χ4n) is 9.09. The second kappa shape index (κ2) is 13.8. The lowest BCUT2D eigenvalue weighted by Gasteiger charge is -2.25. The molecule has 0 atom stereocenters. The van der Waals surface area contributed by atoms with Gasteiger partial charge >= 0.3 is 0 Å². The van der Waals surface area contributed by atoms with Crippen LogP contribution in [0.5, 0.6) is 0 Å². The number of aromatic nitrogens is 3. The maximum Gasteiger partial charge on any atom is 0.160 e. The summed E-state index contributed by atoms with van der Waals surface area (Å²) in [4.78, 5) is 12.6. The third-order valence-corrected chi connectivity index (χ3v) is 12.0. The number of benzene rings is 8. The van der Waals surface area contributed by atoms with Crippen LogP contribution in [0.2, 0.25) is 0 Å². The number of hydrogen-bond acceptors (Lipinski definition) is 3. The van der Waals surface area contributed by atoms with Crippen molar-refractivity contribution < 1.29 is 0 Å². The Kier molecular flexibility index (Phi) is 8.12. The topological polar surface area (TPSA) is 34.0 Å².